The van der Waals surface area contributed by atoms with Crippen molar-refractivity contribution in [1.29, 1.82) is 0 Å². The van der Waals surface area contributed by atoms with E-state index < -0.39 is 47.3 Å². The van der Waals surface area contributed by atoms with E-state index in [1.807, 2.05) is 0 Å². The molecular formula is C25H23F6N3O. The molecule has 10 heteroatoms. The van der Waals surface area contributed by atoms with Crippen LogP contribution in [-0.2, 0) is 17.4 Å². The van der Waals surface area contributed by atoms with Gasteiger partial charge in [-0.05, 0) is 66.3 Å². The van der Waals surface area contributed by atoms with Crippen LogP contribution in [0.1, 0.15) is 46.5 Å². The fraction of sp³-hybridized carbons (Fsp3) is 0.280. The Morgan fingerprint density at radius 2 is 1.63 bits per heavy atom. The van der Waals surface area contributed by atoms with Crippen molar-refractivity contribution < 1.29 is 31.1 Å². The van der Waals surface area contributed by atoms with Crippen molar-refractivity contribution >= 4 is 5.91 Å². The molecule has 0 radical (unpaired) electrons. The third-order valence-corrected chi connectivity index (χ3v) is 5.57. The number of carbonyl (C=O) groups excluding carboxylic acids is 1. The average Bonchev–Trinajstić information content (AvgIpc) is 2.82. The number of hydrogen-bond donors (Lipinski definition) is 2. The minimum absolute atomic E-state index is 0.170. The lowest BCUT2D eigenvalue weighted by Crippen LogP contribution is -2.38. The lowest BCUT2D eigenvalue weighted by Gasteiger charge is -2.26. The Bertz CT molecular complexity index is 1180. The smallest absolute Gasteiger partial charge is 0.358 e. The van der Waals surface area contributed by atoms with Gasteiger partial charge in [-0.1, -0.05) is 24.3 Å². The fourth-order valence-electron chi connectivity index (χ4n) is 3.64. The molecule has 2 aromatic carbocycles. The molecule has 0 aliphatic rings. The first kappa shape index (κ1) is 26.2. The van der Waals surface area contributed by atoms with Crippen LogP contribution in [0.5, 0.6) is 0 Å². The number of carbonyl (C=O) groups is 1. The molecule has 1 aromatic heterocycles. The Balaban J connectivity index is 1.91. The molecule has 1 heterocycles. The number of likely N-dealkylation sites (N-methyl/N-ethyl adjacent to an activating group) is 1. The van der Waals surface area contributed by atoms with Gasteiger partial charge in [-0.2, -0.15) is 13.2 Å². The molecule has 3 rings (SSSR count). The van der Waals surface area contributed by atoms with Crippen molar-refractivity contribution in [2.24, 2.45) is 0 Å². The van der Waals surface area contributed by atoms with Crippen LogP contribution in [0, 0.1) is 24.4 Å². The summed E-state index contributed by atoms with van der Waals surface area (Å²) in [6, 6.07) is 8.00. The number of nitrogens with zero attached hydrogens (tertiary/aromatic N) is 1. The Morgan fingerprint density at radius 1 is 0.943 bits per heavy atom. The first-order valence-electron chi connectivity index (χ1n) is 10.7. The Kier molecular flexibility index (Phi) is 8.16. The molecule has 0 spiro atoms. The van der Waals surface area contributed by atoms with Gasteiger partial charge in [0.2, 0.25) is 5.91 Å². The van der Waals surface area contributed by atoms with Gasteiger partial charge in [0.05, 0.1) is 0 Å². The second-order valence-electron chi connectivity index (χ2n) is 8.04. The van der Waals surface area contributed by atoms with Crippen molar-refractivity contribution in [2.45, 2.75) is 38.0 Å². The zero-order valence-electron chi connectivity index (χ0n) is 18.9. The maximum absolute atomic E-state index is 13.9. The number of nitrogens with one attached hydrogen (secondary N) is 2. The van der Waals surface area contributed by atoms with Crippen molar-refractivity contribution in [1.82, 2.24) is 15.6 Å². The molecule has 2 N–H and O–H groups in total. The van der Waals surface area contributed by atoms with Crippen molar-refractivity contribution in [2.75, 3.05) is 7.05 Å². The molecule has 35 heavy (non-hydrogen) atoms. The van der Waals surface area contributed by atoms with Crippen LogP contribution in [0.15, 0.2) is 54.7 Å². The number of aryl methyl sites for hydroxylation is 2. The fourth-order valence-corrected chi connectivity index (χ4v) is 3.64. The monoisotopic (exact) mass is 495 g/mol. The lowest BCUT2D eigenvalue weighted by molar-refractivity contribution is -0.141. The van der Waals surface area contributed by atoms with Gasteiger partial charge in [-0.25, -0.2) is 13.2 Å². The van der Waals surface area contributed by atoms with E-state index in [1.165, 1.54) is 31.3 Å². The number of rotatable bonds is 8. The summed E-state index contributed by atoms with van der Waals surface area (Å²) < 4.78 is 79.6. The number of amides is 1. The van der Waals surface area contributed by atoms with Gasteiger partial charge in [0.1, 0.15) is 17.6 Å². The number of aromatic nitrogens is 1. The molecular weight excluding hydrogens is 472 g/mol. The van der Waals surface area contributed by atoms with Gasteiger partial charge in [-0.3, -0.25) is 15.1 Å². The summed E-state index contributed by atoms with van der Waals surface area (Å²) in [5.41, 5.74) is 0.648. The van der Waals surface area contributed by atoms with Gasteiger partial charge < -0.3 is 5.32 Å². The molecule has 1 unspecified atom stereocenters. The van der Waals surface area contributed by atoms with E-state index in [9.17, 15) is 31.1 Å². The quantitative estimate of drug-likeness (QED) is 0.402. The topological polar surface area (TPSA) is 54.0 Å². The maximum atomic E-state index is 13.9. The number of alkyl halides is 3. The van der Waals surface area contributed by atoms with Crippen LogP contribution in [-0.4, -0.2) is 17.9 Å². The highest BCUT2D eigenvalue weighted by atomic mass is 19.4. The number of halogens is 6. The number of benzene rings is 2. The van der Waals surface area contributed by atoms with Crippen LogP contribution in [0.25, 0.3) is 0 Å². The second kappa shape index (κ2) is 10.9. The van der Waals surface area contributed by atoms with Gasteiger partial charge >= 0.3 is 6.18 Å². The van der Waals surface area contributed by atoms with Crippen LogP contribution in [0.2, 0.25) is 0 Å². The van der Waals surface area contributed by atoms with Gasteiger partial charge in [0.15, 0.2) is 11.6 Å². The molecule has 0 aliphatic heterocycles. The molecule has 4 nitrogen and oxygen atoms in total. The zero-order chi connectivity index (χ0) is 25.8. The van der Waals surface area contributed by atoms with E-state index in [-0.39, 0.29) is 18.4 Å². The molecule has 3 aromatic rings. The molecule has 0 aliphatic carbocycles. The molecule has 186 valence electrons. The lowest BCUT2D eigenvalue weighted by atomic mass is 9.95. The predicted octanol–water partition coefficient (Wildman–Crippen LogP) is 5.58. The summed E-state index contributed by atoms with van der Waals surface area (Å²) in [6.45, 7) is 1.57. The Labute approximate surface area is 198 Å². The summed E-state index contributed by atoms with van der Waals surface area (Å²) in [4.78, 5) is 16.1. The average molecular weight is 495 g/mol. The third-order valence-electron chi connectivity index (χ3n) is 5.57. The van der Waals surface area contributed by atoms with Crippen LogP contribution >= 0.6 is 0 Å². The van der Waals surface area contributed by atoms with E-state index in [0.29, 0.717) is 16.7 Å². The molecule has 2 atom stereocenters. The molecule has 0 fully saturated rings. The number of pyridine rings is 1. The van der Waals surface area contributed by atoms with Gasteiger partial charge in [0, 0.05) is 19.3 Å². The maximum Gasteiger partial charge on any atom is 0.433 e. The van der Waals surface area contributed by atoms with Crippen molar-refractivity contribution in [3.63, 3.8) is 0 Å². The number of hydrogen-bond acceptors (Lipinski definition) is 3. The van der Waals surface area contributed by atoms with Gasteiger partial charge in [0.25, 0.3) is 0 Å². The molecule has 0 saturated carbocycles. The van der Waals surface area contributed by atoms with Crippen LogP contribution < -0.4 is 10.6 Å². The summed E-state index contributed by atoms with van der Waals surface area (Å²) in [5, 5.41) is 5.59. The Hall–Kier alpha value is -3.40. The van der Waals surface area contributed by atoms with Crippen LogP contribution in [0.4, 0.5) is 26.3 Å². The Morgan fingerprint density at radius 3 is 2.20 bits per heavy atom. The second-order valence-corrected chi connectivity index (χ2v) is 8.04. The highest BCUT2D eigenvalue weighted by molar-refractivity contribution is 5.83. The largest absolute Gasteiger partial charge is 0.433 e. The first-order chi connectivity index (χ1) is 16.5. The van der Waals surface area contributed by atoms with Crippen molar-refractivity contribution in [3.05, 3.63) is 100 Å². The van der Waals surface area contributed by atoms with E-state index in [0.717, 1.165) is 24.4 Å². The minimum Gasteiger partial charge on any atom is -0.358 e. The van der Waals surface area contributed by atoms with E-state index in [2.05, 4.69) is 15.6 Å². The summed E-state index contributed by atoms with van der Waals surface area (Å²) in [7, 11) is 1.39. The SMILES string of the molecule is CNC(=O)C(N[C@H](CCc1ccc(C(F)(F)F)nc1)c1ccc(F)c(C)c1)c1ccc(F)c(F)c1. The molecule has 0 bridgehead atoms. The minimum atomic E-state index is -4.56. The summed E-state index contributed by atoms with van der Waals surface area (Å²) in [5.74, 6) is -3.13. The normalized spacial score (nSPS) is 13.4. The van der Waals surface area contributed by atoms with Gasteiger partial charge in [-0.15, -0.1) is 0 Å². The van der Waals surface area contributed by atoms with Crippen molar-refractivity contribution in [3.8, 4) is 0 Å². The predicted molar refractivity (Wildman–Crippen MR) is 118 cm³/mol. The first-order valence-corrected chi connectivity index (χ1v) is 10.7. The highest BCUT2D eigenvalue weighted by Gasteiger charge is 2.32. The van der Waals surface area contributed by atoms with Crippen LogP contribution in [0.3, 0.4) is 0 Å². The highest BCUT2D eigenvalue weighted by Crippen LogP contribution is 2.29. The third kappa shape index (κ3) is 6.60. The standard InChI is InChI=1S/C25H23F6N3O/c1-14-11-16(5-7-18(14)26)21(9-3-15-4-10-22(33-13-15)25(29,30)31)34-23(24(35)32-2)17-6-8-19(27)20(28)12-17/h4-8,10-13,21,23,34H,3,9H2,1-2H3,(H,32,35)/t21-,23?/m1/s1. The van der Waals surface area contributed by atoms with E-state index in [4.69, 9.17) is 0 Å². The summed E-state index contributed by atoms with van der Waals surface area (Å²) in [6.07, 6.45) is -2.87. The zero-order valence-corrected chi connectivity index (χ0v) is 18.9. The van der Waals surface area contributed by atoms with E-state index >= 15 is 0 Å². The summed E-state index contributed by atoms with van der Waals surface area (Å²) >= 11 is 0. The molecule has 1 amide bonds. The van der Waals surface area contributed by atoms with E-state index in [1.54, 1.807) is 13.0 Å². The molecule has 0 saturated heterocycles.